The summed E-state index contributed by atoms with van der Waals surface area (Å²) in [7, 11) is 0. The number of hydrogen-bond donors (Lipinski definition) is 5. The number of halogens is 1. The summed E-state index contributed by atoms with van der Waals surface area (Å²) in [5, 5.41) is 37.1. The topological polar surface area (TPSA) is 184 Å². The Labute approximate surface area is 344 Å². The Kier molecular flexibility index (Phi) is 11.6. The van der Waals surface area contributed by atoms with Crippen LogP contribution in [0.4, 0.5) is 0 Å². The molecule has 5 N–H and O–H groups in total. The first kappa shape index (κ1) is 42.2. The highest BCUT2D eigenvalue weighted by molar-refractivity contribution is 6.33. The molecule has 2 bridgehead atoms. The van der Waals surface area contributed by atoms with Crippen LogP contribution in [-0.2, 0) is 28.6 Å². The molecule has 0 aromatic carbocycles. The van der Waals surface area contributed by atoms with E-state index in [-0.39, 0.29) is 58.4 Å². The summed E-state index contributed by atoms with van der Waals surface area (Å²) < 4.78 is 19.4. The number of carboxylic acids is 1. The van der Waals surface area contributed by atoms with Crippen LogP contribution in [0.2, 0.25) is 5.02 Å². The molecular weight excluding hydrogens is 764 g/mol. The number of Topliss-reactive ketones (excluding diaryl/α,β-unsaturated/α-hetero) is 1. The monoisotopic (exact) mass is 820 g/mol. The van der Waals surface area contributed by atoms with Crippen molar-refractivity contribution < 1.29 is 48.7 Å². The van der Waals surface area contributed by atoms with E-state index in [1.807, 2.05) is 26.8 Å². The van der Waals surface area contributed by atoms with Crippen molar-refractivity contribution >= 4 is 35.2 Å². The Morgan fingerprint density at radius 3 is 2.53 bits per heavy atom. The average molecular weight is 821 g/mol. The lowest BCUT2D eigenvalue weighted by molar-refractivity contribution is -0.257. The molecule has 1 aromatic heterocycles. The molecule has 7 rings (SSSR count). The van der Waals surface area contributed by atoms with Gasteiger partial charge in [0.25, 0.3) is 5.91 Å². The molecular formula is C45H57ClN2O10. The molecule has 3 heterocycles. The van der Waals surface area contributed by atoms with Crippen molar-refractivity contribution in [2.75, 3.05) is 0 Å². The number of carboxylic acid groups (broad SMARTS) is 1. The number of rotatable bonds is 7. The van der Waals surface area contributed by atoms with E-state index >= 15 is 4.79 Å². The minimum absolute atomic E-state index is 0.0178. The summed E-state index contributed by atoms with van der Waals surface area (Å²) in [5.74, 6) is -4.63. The molecule has 58 heavy (non-hydrogen) atoms. The lowest BCUT2D eigenvalue weighted by atomic mass is 9.50. The van der Waals surface area contributed by atoms with Crippen LogP contribution in [-0.4, -0.2) is 80.2 Å². The number of hydrogen-bond acceptors (Lipinski definition) is 9. The van der Waals surface area contributed by atoms with Crippen molar-refractivity contribution in [3.05, 3.63) is 81.9 Å². The average Bonchev–Trinajstić information content (AvgIpc) is 3.72. The summed E-state index contributed by atoms with van der Waals surface area (Å²) in [4.78, 5) is 58.2. The molecule has 2 fully saturated rings. The number of fused-ring (bicyclic) bond motifs is 3. The standard InChI is InChI=1S/C45H57ClN2O10/c1-7-26-21-45-39(51)34(42(55)58-45)38(50)44(8-2)27(12-10-9-11-23(3)20-43(45,6)22-29(26)41(53)54)14-15-28-30(44)16-13-24(4)37(28)57-33-19-32(49)35(25(5)56-33)48-40(52)36-31(46)17-18-47-36/h9-10,14-15,17-18,20,22,24-28,30,32-33,35,37,47,49,51H,7-8,11-13,16,19,21H2,1-6H3,(H,48,52)(H,53,54)/b10-9+,23-20+. The number of aromatic amines is 1. The molecule has 0 radical (unpaired) electrons. The maximum Gasteiger partial charge on any atom is 0.346 e. The number of ketones is 1. The van der Waals surface area contributed by atoms with E-state index in [1.165, 1.54) is 0 Å². The van der Waals surface area contributed by atoms with E-state index in [1.54, 1.807) is 32.2 Å². The first-order valence-corrected chi connectivity index (χ1v) is 21.2. The molecule has 2 aliphatic heterocycles. The molecule has 13 atom stereocenters. The number of carbonyl (C=O) groups is 4. The predicted octanol–water partition coefficient (Wildman–Crippen LogP) is 7.31. The van der Waals surface area contributed by atoms with Crippen molar-refractivity contribution in [2.24, 2.45) is 40.4 Å². The van der Waals surface area contributed by atoms with Crippen LogP contribution in [0.15, 0.2) is 71.2 Å². The molecule has 314 valence electrons. The van der Waals surface area contributed by atoms with Gasteiger partial charge in [0, 0.05) is 35.9 Å². The number of H-pyrrole nitrogens is 1. The van der Waals surface area contributed by atoms with Gasteiger partial charge in [0.15, 0.2) is 23.4 Å². The van der Waals surface area contributed by atoms with Gasteiger partial charge in [0.2, 0.25) is 0 Å². The van der Waals surface area contributed by atoms with Gasteiger partial charge in [-0.1, -0.05) is 74.4 Å². The number of nitrogens with one attached hydrogen (secondary N) is 2. The Balaban J connectivity index is 1.23. The first-order chi connectivity index (χ1) is 27.5. The highest BCUT2D eigenvalue weighted by Gasteiger charge is 2.66. The number of aliphatic hydroxyl groups is 2. The molecule has 4 aliphatic carbocycles. The molecule has 13 heteroatoms. The molecule has 13 unspecified atom stereocenters. The van der Waals surface area contributed by atoms with Crippen molar-refractivity contribution in [1.29, 1.82) is 0 Å². The number of aliphatic carboxylic acids is 1. The zero-order valence-electron chi connectivity index (χ0n) is 34.1. The second-order valence-corrected chi connectivity index (χ2v) is 18.1. The van der Waals surface area contributed by atoms with Gasteiger partial charge in [0.1, 0.15) is 11.3 Å². The third-order valence-corrected chi connectivity index (χ3v) is 14.7. The number of esters is 1. The normalized spacial score (nSPS) is 41.6. The summed E-state index contributed by atoms with van der Waals surface area (Å²) in [6, 6.07) is 0.860. The largest absolute Gasteiger partial charge is 0.507 e. The third-order valence-electron chi connectivity index (χ3n) is 14.4. The minimum atomic E-state index is -1.67. The van der Waals surface area contributed by atoms with Crippen LogP contribution >= 0.6 is 11.6 Å². The molecule has 12 nitrogen and oxygen atoms in total. The van der Waals surface area contributed by atoms with Crippen LogP contribution in [0.3, 0.4) is 0 Å². The van der Waals surface area contributed by atoms with E-state index in [4.69, 9.17) is 25.8 Å². The molecule has 1 spiro atoms. The molecule has 1 saturated heterocycles. The Bertz CT molecular complexity index is 1990. The van der Waals surface area contributed by atoms with E-state index in [0.717, 1.165) is 12.0 Å². The van der Waals surface area contributed by atoms with Crippen LogP contribution in [0, 0.1) is 40.4 Å². The SMILES string of the molecule is CCC1CC23OC(=O)C(=C2O)C(=O)C2(CC)C(C=CC4C(OC5CC(O)C(NC(=O)c6[nH]ccc6Cl)C(C)O5)C(C)CCC42)C/C=C/C/C(C)=C/C3(C)C=C1C(=O)O. The lowest BCUT2D eigenvalue weighted by Crippen LogP contribution is -2.58. The van der Waals surface area contributed by atoms with Crippen LogP contribution in [0.25, 0.3) is 0 Å². The van der Waals surface area contributed by atoms with Gasteiger partial charge in [0.05, 0.1) is 34.8 Å². The summed E-state index contributed by atoms with van der Waals surface area (Å²) in [6.07, 6.45) is 14.0. The Hall–Kier alpha value is -3.97. The van der Waals surface area contributed by atoms with E-state index in [9.17, 15) is 29.7 Å². The minimum Gasteiger partial charge on any atom is -0.507 e. The van der Waals surface area contributed by atoms with E-state index in [2.05, 4.69) is 41.5 Å². The highest BCUT2D eigenvalue weighted by Crippen LogP contribution is 2.60. The second kappa shape index (κ2) is 15.9. The molecule has 6 aliphatic rings. The Morgan fingerprint density at radius 1 is 1.12 bits per heavy atom. The zero-order chi connectivity index (χ0) is 41.9. The van der Waals surface area contributed by atoms with Gasteiger partial charge in [-0.05, 0) is 89.0 Å². The van der Waals surface area contributed by atoms with Crippen LogP contribution in [0.5, 0.6) is 0 Å². The second-order valence-electron chi connectivity index (χ2n) is 17.7. The van der Waals surface area contributed by atoms with E-state index < -0.39 is 82.4 Å². The quantitative estimate of drug-likeness (QED) is 0.106. The van der Waals surface area contributed by atoms with E-state index in [0.29, 0.717) is 32.1 Å². The number of carbonyl (C=O) groups excluding carboxylic acids is 3. The fourth-order valence-corrected chi connectivity index (χ4v) is 11.5. The molecule has 1 aromatic rings. The van der Waals surface area contributed by atoms with Gasteiger partial charge in [-0.15, -0.1) is 0 Å². The Morgan fingerprint density at radius 2 is 1.88 bits per heavy atom. The highest BCUT2D eigenvalue weighted by atomic mass is 35.5. The summed E-state index contributed by atoms with van der Waals surface area (Å²) in [5.41, 5.74) is -3.10. The number of aliphatic hydroxyl groups excluding tert-OH is 2. The summed E-state index contributed by atoms with van der Waals surface area (Å²) >= 11 is 6.15. The van der Waals surface area contributed by atoms with Crippen LogP contribution < -0.4 is 5.32 Å². The smallest absolute Gasteiger partial charge is 0.346 e. The fraction of sp³-hybridized carbons (Fsp3) is 0.600. The van der Waals surface area contributed by atoms with Gasteiger partial charge in [-0.25, -0.2) is 9.59 Å². The van der Waals surface area contributed by atoms with Gasteiger partial charge in [-0.3, -0.25) is 9.59 Å². The first-order valence-electron chi connectivity index (χ1n) is 20.8. The molecule has 1 amide bonds. The third kappa shape index (κ3) is 6.81. The number of ether oxygens (including phenoxy) is 3. The van der Waals surface area contributed by atoms with Crippen molar-refractivity contribution in [3.8, 4) is 0 Å². The van der Waals surface area contributed by atoms with Gasteiger partial charge in [-0.2, -0.15) is 0 Å². The lowest BCUT2D eigenvalue weighted by Gasteiger charge is -2.54. The number of amides is 1. The maximum absolute atomic E-state index is 15.6. The van der Waals surface area contributed by atoms with Crippen molar-refractivity contribution in [3.63, 3.8) is 0 Å². The molecule has 1 saturated carbocycles. The van der Waals surface area contributed by atoms with Crippen molar-refractivity contribution in [2.45, 2.75) is 129 Å². The van der Waals surface area contributed by atoms with Crippen molar-refractivity contribution in [1.82, 2.24) is 10.3 Å². The number of aromatic nitrogens is 1. The predicted molar refractivity (Wildman–Crippen MR) is 215 cm³/mol. The fourth-order valence-electron chi connectivity index (χ4n) is 11.3. The summed E-state index contributed by atoms with van der Waals surface area (Å²) in [6.45, 7) is 11.4. The number of allylic oxidation sites excluding steroid dienone is 4. The van der Waals surface area contributed by atoms with Gasteiger partial charge < -0.3 is 39.8 Å². The van der Waals surface area contributed by atoms with Crippen LogP contribution in [0.1, 0.15) is 103 Å². The van der Waals surface area contributed by atoms with Gasteiger partial charge >= 0.3 is 11.9 Å². The maximum atomic E-state index is 15.6. The zero-order valence-corrected chi connectivity index (χ0v) is 34.9.